The highest BCUT2D eigenvalue weighted by molar-refractivity contribution is 7.95. The zero-order chi connectivity index (χ0) is 18.0. The normalized spacial score (nSPS) is 22.1. The Hall–Kier alpha value is -1.21. The maximum absolute atomic E-state index is 12.6. The van der Waals surface area contributed by atoms with Crippen LogP contribution in [0.5, 0.6) is 0 Å². The van der Waals surface area contributed by atoms with Gasteiger partial charge in [-0.25, -0.2) is 22.0 Å². The van der Waals surface area contributed by atoms with Crippen LogP contribution in [0.3, 0.4) is 0 Å². The van der Waals surface area contributed by atoms with Gasteiger partial charge in [-0.2, -0.15) is 0 Å². The number of primary sulfonamides is 1. The average molecular weight is 396 g/mol. The molecule has 0 saturated carbocycles. The summed E-state index contributed by atoms with van der Waals surface area (Å²) >= 11 is 0.572. The van der Waals surface area contributed by atoms with E-state index in [2.05, 4.69) is 10.0 Å². The second kappa shape index (κ2) is 7.35. The minimum atomic E-state index is -4.03. The topological polar surface area (TPSA) is 162 Å². The maximum atomic E-state index is 12.6. The minimum absolute atomic E-state index is 0.113. The Bertz CT molecular complexity index is 856. The van der Waals surface area contributed by atoms with Gasteiger partial charge in [-0.1, -0.05) is 5.11 Å². The van der Waals surface area contributed by atoms with Crippen LogP contribution in [0.4, 0.5) is 0 Å². The molecule has 2 atom stereocenters. The highest BCUT2D eigenvalue weighted by Gasteiger charge is 2.46. The summed E-state index contributed by atoms with van der Waals surface area (Å²) in [5, 5.41) is 7.59. The molecule has 2 unspecified atom stereocenters. The Morgan fingerprint density at radius 1 is 1.42 bits per heavy atom. The molecule has 24 heavy (non-hydrogen) atoms. The monoisotopic (exact) mass is 396 g/mol. The molecule has 2 rings (SSSR count). The molecular weight excluding hydrogens is 380 g/mol. The van der Waals surface area contributed by atoms with E-state index in [9.17, 15) is 16.8 Å². The predicted octanol–water partition coefficient (Wildman–Crippen LogP) is 0.956. The van der Waals surface area contributed by atoms with Crippen LogP contribution in [0, 0.1) is 0 Å². The third kappa shape index (κ3) is 3.72. The molecular formula is C11H16N4O6S3. The number of rotatable bonds is 8. The van der Waals surface area contributed by atoms with Gasteiger partial charge in [-0.3, -0.25) is 0 Å². The molecule has 1 aliphatic rings. The number of nitrogens with two attached hydrogens (primary N) is 1. The number of fused-ring (bicyclic) bond motifs is 1. The summed E-state index contributed by atoms with van der Waals surface area (Å²) in [6, 6.07) is 0.158. The van der Waals surface area contributed by atoms with Gasteiger partial charge in [0.25, 0.3) is 0 Å². The van der Waals surface area contributed by atoms with Gasteiger partial charge in [-0.15, -0.1) is 11.3 Å². The lowest BCUT2D eigenvalue weighted by Crippen LogP contribution is -2.23. The van der Waals surface area contributed by atoms with Crippen molar-refractivity contribution in [3.63, 3.8) is 0 Å². The maximum Gasteiger partial charge on any atom is 0.247 e. The molecule has 1 aliphatic heterocycles. The summed E-state index contributed by atoms with van der Waals surface area (Å²) in [5.41, 5.74) is 8.89. The van der Waals surface area contributed by atoms with E-state index in [1.807, 2.05) is 0 Å². The summed E-state index contributed by atoms with van der Waals surface area (Å²) < 4.78 is 57.8. The fourth-order valence-electron chi connectivity index (χ4n) is 2.39. The number of sulfonamides is 1. The average Bonchev–Trinajstić information content (AvgIpc) is 3.01. The third-order valence-corrected chi connectivity index (χ3v) is 8.82. The molecule has 0 saturated heterocycles. The number of hydrogen-bond acceptors (Lipinski definition) is 8. The van der Waals surface area contributed by atoms with Gasteiger partial charge in [0.15, 0.2) is 9.84 Å². The Labute approximate surface area is 143 Å². The number of azide groups is 1. The fourth-order valence-corrected chi connectivity index (χ4v) is 7.06. The summed E-state index contributed by atoms with van der Waals surface area (Å²) in [4.78, 5) is 2.69. The Kier molecular flexibility index (Phi) is 5.86. The quantitative estimate of drug-likeness (QED) is 0.298. The first-order valence-electron chi connectivity index (χ1n) is 6.74. The molecule has 0 bridgehead atoms. The van der Waals surface area contributed by atoms with Gasteiger partial charge in [0.05, 0.1) is 24.5 Å². The Morgan fingerprint density at radius 3 is 2.71 bits per heavy atom. The van der Waals surface area contributed by atoms with Crippen molar-refractivity contribution >= 4 is 31.2 Å². The first kappa shape index (κ1) is 19.1. The highest BCUT2D eigenvalue weighted by atomic mass is 32.3. The highest BCUT2D eigenvalue weighted by Crippen LogP contribution is 2.48. The largest absolute Gasteiger partial charge is 0.382 e. The summed E-state index contributed by atoms with van der Waals surface area (Å²) in [7, 11) is -6.34. The molecule has 0 radical (unpaired) electrons. The van der Waals surface area contributed by atoms with Crippen molar-refractivity contribution in [1.82, 2.24) is 0 Å². The molecule has 0 aliphatic carbocycles. The molecule has 2 heterocycles. The van der Waals surface area contributed by atoms with Crippen molar-refractivity contribution in [3.05, 3.63) is 22.1 Å². The number of nitrogens with zero attached hydrogens (tertiary/aromatic N) is 3. The van der Waals surface area contributed by atoms with Crippen molar-refractivity contribution < 1.29 is 26.3 Å². The lowest BCUT2D eigenvalue weighted by Gasteiger charge is -2.15. The molecule has 0 amide bonds. The smallest absolute Gasteiger partial charge is 0.247 e. The zero-order valence-electron chi connectivity index (χ0n) is 12.7. The van der Waals surface area contributed by atoms with E-state index >= 15 is 0 Å². The van der Waals surface area contributed by atoms with Crippen molar-refractivity contribution in [2.75, 3.05) is 26.9 Å². The number of methoxy groups -OCH3 is 1. The number of thiophene rings is 1. The van der Waals surface area contributed by atoms with Crippen LogP contribution in [0.15, 0.2) is 19.6 Å². The molecule has 0 spiro atoms. The van der Waals surface area contributed by atoms with Crippen LogP contribution in [0.2, 0.25) is 0 Å². The van der Waals surface area contributed by atoms with Crippen molar-refractivity contribution in [1.29, 1.82) is 0 Å². The first-order valence-corrected chi connectivity index (χ1v) is 10.7. The van der Waals surface area contributed by atoms with Gasteiger partial charge in [0, 0.05) is 18.6 Å². The molecule has 1 aromatic heterocycles. The second-order valence-corrected chi connectivity index (χ2v) is 10.2. The summed E-state index contributed by atoms with van der Waals surface area (Å²) in [6.07, 6.45) is 0.113. The molecule has 2 N–H and O–H groups in total. The van der Waals surface area contributed by atoms with E-state index < -0.39 is 31.2 Å². The second-order valence-electron chi connectivity index (χ2n) is 4.98. The summed E-state index contributed by atoms with van der Waals surface area (Å²) in [5.74, 6) is 0. The molecule has 13 heteroatoms. The van der Waals surface area contributed by atoms with Gasteiger partial charge in [0.2, 0.25) is 10.0 Å². The van der Waals surface area contributed by atoms with E-state index in [0.717, 1.165) is 6.07 Å². The molecule has 0 fully saturated rings. The molecule has 1 aromatic rings. The minimum Gasteiger partial charge on any atom is -0.382 e. The van der Waals surface area contributed by atoms with Crippen LogP contribution < -0.4 is 5.14 Å². The summed E-state index contributed by atoms with van der Waals surface area (Å²) in [6.45, 7) is 0.830. The van der Waals surface area contributed by atoms with E-state index in [1.165, 1.54) is 7.11 Å². The van der Waals surface area contributed by atoms with Crippen molar-refractivity contribution in [2.24, 2.45) is 10.3 Å². The number of ether oxygens (including phenoxy) is 2. The van der Waals surface area contributed by atoms with Crippen LogP contribution in [0.25, 0.3) is 10.4 Å². The fraction of sp³-hybridized carbons (Fsp3) is 0.636. The number of sulfone groups is 1. The lowest BCUT2D eigenvalue weighted by molar-refractivity contribution is 0.0686. The van der Waals surface area contributed by atoms with Crippen LogP contribution in [-0.2, 0) is 29.3 Å². The third-order valence-electron chi connectivity index (χ3n) is 3.47. The first-order chi connectivity index (χ1) is 11.2. The van der Waals surface area contributed by atoms with E-state index in [1.54, 1.807) is 0 Å². The molecule has 10 nitrogen and oxygen atoms in total. The SMILES string of the molecule is COCCOCCC1C(N=[N+]=[N-])c2cc(S(N)(=O)=O)sc2S1(=O)=O. The number of hydrogen-bond donors (Lipinski definition) is 1. The van der Waals surface area contributed by atoms with Crippen LogP contribution >= 0.6 is 11.3 Å². The zero-order valence-corrected chi connectivity index (χ0v) is 15.1. The lowest BCUT2D eigenvalue weighted by atomic mass is 10.1. The van der Waals surface area contributed by atoms with Crippen molar-refractivity contribution in [3.8, 4) is 0 Å². The molecule has 0 aromatic carbocycles. The van der Waals surface area contributed by atoms with Gasteiger partial charge >= 0.3 is 0 Å². The predicted molar refractivity (Wildman–Crippen MR) is 85.9 cm³/mol. The van der Waals surface area contributed by atoms with E-state index in [4.69, 9.17) is 20.1 Å². The Balaban J connectivity index is 2.30. The van der Waals surface area contributed by atoms with E-state index in [-0.39, 0.29) is 27.0 Å². The van der Waals surface area contributed by atoms with Crippen LogP contribution in [-0.4, -0.2) is 49.0 Å². The Morgan fingerprint density at radius 2 is 2.12 bits per heavy atom. The van der Waals surface area contributed by atoms with Crippen molar-refractivity contribution in [2.45, 2.75) is 26.1 Å². The van der Waals surface area contributed by atoms with Crippen LogP contribution in [0.1, 0.15) is 18.0 Å². The standard InChI is InChI=1S/C11H16N4O6S3/c1-20-4-5-21-3-2-8-10(14-15-12)7-6-9(24(13,18)19)22-11(7)23(8,16)17/h6,8,10H,2-5H2,1H3,(H2,13,18,19). The van der Waals surface area contributed by atoms with Gasteiger partial charge < -0.3 is 9.47 Å². The van der Waals surface area contributed by atoms with Gasteiger partial charge in [-0.05, 0) is 23.6 Å². The van der Waals surface area contributed by atoms with Gasteiger partial charge in [0.1, 0.15) is 8.42 Å². The molecule has 134 valence electrons. The van der Waals surface area contributed by atoms with E-state index in [0.29, 0.717) is 24.6 Å².